The molecule has 0 aliphatic heterocycles. The van der Waals surface area contributed by atoms with E-state index in [2.05, 4.69) is 53.1 Å². The van der Waals surface area contributed by atoms with Crippen LogP contribution in [-0.4, -0.2) is 12.5 Å². The number of nitrogens with two attached hydrogens (primary N) is 1. The number of nitrogens with one attached hydrogen (secondary N) is 1. The van der Waals surface area contributed by atoms with E-state index in [0.717, 1.165) is 31.9 Å². The molecule has 6 heteroatoms. The van der Waals surface area contributed by atoms with Crippen LogP contribution in [0.4, 0.5) is 5.69 Å². The molecule has 0 heterocycles. The van der Waals surface area contributed by atoms with E-state index in [1.807, 2.05) is 19.1 Å². The minimum atomic E-state index is -0.141. The van der Waals surface area contributed by atoms with E-state index in [0.29, 0.717) is 6.54 Å². The number of halogens is 3. The van der Waals surface area contributed by atoms with E-state index >= 15 is 0 Å². The topological polar surface area (TPSA) is 55.1 Å². The minimum Gasteiger partial charge on any atom is -0.330 e. The zero-order valence-electron chi connectivity index (χ0n) is 9.97. The van der Waals surface area contributed by atoms with Crippen molar-refractivity contribution in [2.75, 3.05) is 11.9 Å². The molecule has 100 valence electrons. The fourth-order valence-electron chi connectivity index (χ4n) is 1.59. The summed E-state index contributed by atoms with van der Waals surface area (Å²) < 4.78 is 2.58. The summed E-state index contributed by atoms with van der Waals surface area (Å²) >= 11 is 10.2. The highest BCUT2D eigenvalue weighted by Gasteiger charge is 2.18. The van der Waals surface area contributed by atoms with Gasteiger partial charge in [0.05, 0.1) is 11.6 Å². The van der Waals surface area contributed by atoms with Crippen LogP contribution in [0.5, 0.6) is 0 Å². The number of hydrogen-bond acceptors (Lipinski definition) is 2. The first-order valence-corrected chi connectivity index (χ1v) is 8.03. The summed E-state index contributed by atoms with van der Waals surface area (Å²) in [7, 11) is 0. The monoisotopic (exact) mass is 440 g/mol. The van der Waals surface area contributed by atoms with Gasteiger partial charge in [0.25, 0.3) is 0 Å². The fraction of sp³-hybridized carbons (Fsp3) is 0.417. The number of rotatable bonds is 5. The Hall–Kier alpha value is 0.0900. The second-order valence-corrected chi connectivity index (χ2v) is 6.58. The number of benzene rings is 1. The number of amides is 1. The van der Waals surface area contributed by atoms with Crippen LogP contribution in [0.15, 0.2) is 25.6 Å². The van der Waals surface area contributed by atoms with Crippen LogP contribution < -0.4 is 11.1 Å². The Morgan fingerprint density at radius 1 is 1.33 bits per heavy atom. The highest BCUT2D eigenvalue weighted by Crippen LogP contribution is 2.34. The molecule has 3 nitrogen and oxygen atoms in total. The van der Waals surface area contributed by atoms with E-state index in [-0.39, 0.29) is 11.8 Å². The lowest BCUT2D eigenvalue weighted by molar-refractivity contribution is -0.119. The molecule has 0 saturated carbocycles. The Kier molecular flexibility index (Phi) is 6.84. The van der Waals surface area contributed by atoms with Gasteiger partial charge >= 0.3 is 0 Å². The number of carbonyl (C=O) groups excluding carboxylic acids is 1. The summed E-state index contributed by atoms with van der Waals surface area (Å²) in [6.07, 6.45) is 1.74. The van der Waals surface area contributed by atoms with Crippen molar-refractivity contribution in [1.29, 1.82) is 0 Å². The molecule has 0 saturated heterocycles. The quantitative estimate of drug-likeness (QED) is 0.714. The van der Waals surface area contributed by atoms with Gasteiger partial charge in [0.2, 0.25) is 5.91 Å². The standard InChI is InChI=1S/C12H15Br3N2O/c1-2-3-7(6-16)12(18)17-11-9(14)4-8(13)5-10(11)15/h4-5,7H,2-3,6,16H2,1H3,(H,17,18). The van der Waals surface area contributed by atoms with Gasteiger partial charge in [-0.25, -0.2) is 0 Å². The van der Waals surface area contributed by atoms with E-state index < -0.39 is 0 Å². The van der Waals surface area contributed by atoms with E-state index in [1.54, 1.807) is 0 Å². The molecule has 0 aliphatic carbocycles. The minimum absolute atomic E-state index is 0.0388. The van der Waals surface area contributed by atoms with Gasteiger partial charge in [-0.15, -0.1) is 0 Å². The van der Waals surface area contributed by atoms with E-state index in [9.17, 15) is 4.79 Å². The summed E-state index contributed by atoms with van der Waals surface area (Å²) in [5.74, 6) is -0.180. The van der Waals surface area contributed by atoms with Crippen molar-refractivity contribution in [1.82, 2.24) is 0 Å². The van der Waals surface area contributed by atoms with Crippen LogP contribution in [0.2, 0.25) is 0 Å². The van der Waals surface area contributed by atoms with Crippen molar-refractivity contribution in [3.63, 3.8) is 0 Å². The van der Waals surface area contributed by atoms with Crippen molar-refractivity contribution in [2.24, 2.45) is 11.7 Å². The fourth-order valence-corrected chi connectivity index (χ4v) is 4.05. The van der Waals surface area contributed by atoms with Crippen LogP contribution in [-0.2, 0) is 4.79 Å². The predicted molar refractivity (Wildman–Crippen MR) is 85.6 cm³/mol. The molecular weight excluding hydrogens is 428 g/mol. The first-order valence-electron chi connectivity index (χ1n) is 5.65. The molecule has 1 amide bonds. The van der Waals surface area contributed by atoms with Gasteiger partial charge in [0, 0.05) is 20.0 Å². The third-order valence-electron chi connectivity index (χ3n) is 2.55. The third kappa shape index (κ3) is 4.33. The SMILES string of the molecule is CCCC(CN)C(=O)Nc1c(Br)cc(Br)cc1Br. The van der Waals surface area contributed by atoms with Gasteiger partial charge in [-0.1, -0.05) is 29.3 Å². The first-order chi connectivity index (χ1) is 8.49. The van der Waals surface area contributed by atoms with Crippen LogP contribution in [0, 0.1) is 5.92 Å². The first kappa shape index (κ1) is 16.1. The van der Waals surface area contributed by atoms with Gasteiger partial charge < -0.3 is 11.1 Å². The lowest BCUT2D eigenvalue weighted by Crippen LogP contribution is -2.29. The smallest absolute Gasteiger partial charge is 0.228 e. The normalized spacial score (nSPS) is 12.3. The molecule has 0 bridgehead atoms. The maximum absolute atomic E-state index is 12.1. The second-order valence-electron chi connectivity index (χ2n) is 3.95. The van der Waals surface area contributed by atoms with Crippen molar-refractivity contribution in [3.8, 4) is 0 Å². The van der Waals surface area contributed by atoms with E-state index in [4.69, 9.17) is 5.73 Å². The molecule has 1 aromatic rings. The van der Waals surface area contributed by atoms with Gasteiger partial charge in [0.15, 0.2) is 0 Å². The highest BCUT2D eigenvalue weighted by atomic mass is 79.9. The van der Waals surface area contributed by atoms with Gasteiger partial charge in [-0.3, -0.25) is 4.79 Å². The van der Waals surface area contributed by atoms with Crippen molar-refractivity contribution in [2.45, 2.75) is 19.8 Å². The van der Waals surface area contributed by atoms with Crippen LogP contribution >= 0.6 is 47.8 Å². The molecular formula is C12H15Br3N2O. The zero-order valence-corrected chi connectivity index (χ0v) is 14.7. The van der Waals surface area contributed by atoms with Crippen LogP contribution in [0.1, 0.15) is 19.8 Å². The maximum atomic E-state index is 12.1. The second kappa shape index (κ2) is 7.62. The molecule has 1 rings (SSSR count). The summed E-state index contributed by atoms with van der Waals surface area (Å²) in [5.41, 5.74) is 6.36. The average Bonchev–Trinajstić information content (AvgIpc) is 2.30. The van der Waals surface area contributed by atoms with Crippen LogP contribution in [0.25, 0.3) is 0 Å². The molecule has 18 heavy (non-hydrogen) atoms. The van der Waals surface area contributed by atoms with Crippen molar-refractivity contribution < 1.29 is 4.79 Å². The highest BCUT2D eigenvalue weighted by molar-refractivity contribution is 9.11. The molecule has 0 radical (unpaired) electrons. The Morgan fingerprint density at radius 2 is 1.89 bits per heavy atom. The largest absolute Gasteiger partial charge is 0.330 e. The Labute approximate surface area is 132 Å². The number of carbonyl (C=O) groups is 1. The Morgan fingerprint density at radius 3 is 2.33 bits per heavy atom. The van der Waals surface area contributed by atoms with Gasteiger partial charge in [0.1, 0.15) is 0 Å². The number of hydrogen-bond donors (Lipinski definition) is 2. The van der Waals surface area contributed by atoms with Gasteiger partial charge in [-0.05, 0) is 50.4 Å². The number of anilines is 1. The van der Waals surface area contributed by atoms with Gasteiger partial charge in [-0.2, -0.15) is 0 Å². The Bertz CT molecular complexity index is 414. The maximum Gasteiger partial charge on any atom is 0.228 e. The summed E-state index contributed by atoms with van der Waals surface area (Å²) in [5, 5.41) is 2.91. The summed E-state index contributed by atoms with van der Waals surface area (Å²) in [6, 6.07) is 3.77. The lowest BCUT2D eigenvalue weighted by atomic mass is 10.0. The van der Waals surface area contributed by atoms with E-state index in [1.165, 1.54) is 0 Å². The molecule has 3 N–H and O–H groups in total. The molecule has 0 spiro atoms. The predicted octanol–water partition coefficient (Wildman–Crippen LogP) is 4.29. The molecule has 0 aromatic heterocycles. The lowest BCUT2D eigenvalue weighted by Gasteiger charge is -2.16. The molecule has 1 unspecified atom stereocenters. The molecule has 0 aliphatic rings. The van der Waals surface area contributed by atoms with Crippen molar-refractivity contribution in [3.05, 3.63) is 25.6 Å². The van der Waals surface area contributed by atoms with Crippen molar-refractivity contribution >= 4 is 59.4 Å². The summed E-state index contributed by atoms with van der Waals surface area (Å²) in [4.78, 5) is 12.1. The molecule has 1 atom stereocenters. The average molecular weight is 443 g/mol. The summed E-state index contributed by atoms with van der Waals surface area (Å²) in [6.45, 7) is 2.41. The zero-order chi connectivity index (χ0) is 13.7. The Balaban J connectivity index is 2.87. The molecule has 1 aromatic carbocycles. The van der Waals surface area contributed by atoms with Crippen LogP contribution in [0.3, 0.4) is 0 Å². The third-order valence-corrected chi connectivity index (χ3v) is 4.26. The molecule has 0 fully saturated rings.